The van der Waals surface area contributed by atoms with Crippen LogP contribution in [0.3, 0.4) is 0 Å². The van der Waals surface area contributed by atoms with Crippen LogP contribution in [0.2, 0.25) is 0 Å². The molecule has 1 aromatic carbocycles. The minimum atomic E-state index is 0.462. The van der Waals surface area contributed by atoms with Crippen LogP contribution in [0.15, 0.2) is 23.3 Å². The van der Waals surface area contributed by atoms with Crippen molar-refractivity contribution in [3.63, 3.8) is 0 Å². The molecule has 1 aliphatic rings. The van der Waals surface area contributed by atoms with E-state index in [4.69, 9.17) is 26.4 Å². The van der Waals surface area contributed by atoms with Crippen LogP contribution in [0, 0.1) is 0 Å². The lowest BCUT2D eigenvalue weighted by Crippen LogP contribution is -2.34. The van der Waals surface area contributed by atoms with Crippen molar-refractivity contribution in [1.82, 2.24) is 10.7 Å². The highest BCUT2D eigenvalue weighted by molar-refractivity contribution is 7.80. The molecule has 0 spiro atoms. The van der Waals surface area contributed by atoms with Gasteiger partial charge in [0.2, 0.25) is 0 Å². The largest absolute Gasteiger partial charge is 0.486 e. The van der Waals surface area contributed by atoms with E-state index in [0.29, 0.717) is 31.5 Å². The van der Waals surface area contributed by atoms with Crippen LogP contribution in [0.1, 0.15) is 12.5 Å². The van der Waals surface area contributed by atoms with Gasteiger partial charge in [-0.1, -0.05) is 0 Å². The summed E-state index contributed by atoms with van der Waals surface area (Å²) >= 11 is 5.10. The van der Waals surface area contributed by atoms with Gasteiger partial charge in [-0.25, -0.2) is 0 Å². The first-order valence-corrected chi connectivity index (χ1v) is 7.08. The topological polar surface area (TPSA) is 64.1 Å². The minimum Gasteiger partial charge on any atom is -0.486 e. The second kappa shape index (κ2) is 7.80. The number of nitrogens with zero attached hydrogens (tertiary/aromatic N) is 1. The number of ether oxygens (including phenoxy) is 3. The van der Waals surface area contributed by atoms with E-state index in [1.807, 2.05) is 25.1 Å². The van der Waals surface area contributed by atoms with Crippen LogP contribution < -0.4 is 20.2 Å². The van der Waals surface area contributed by atoms with Crippen molar-refractivity contribution >= 4 is 23.0 Å². The maximum absolute atomic E-state index is 5.55. The highest BCUT2D eigenvalue weighted by atomic mass is 32.1. The Morgan fingerprint density at radius 3 is 2.86 bits per heavy atom. The fourth-order valence-electron chi connectivity index (χ4n) is 1.77. The summed E-state index contributed by atoms with van der Waals surface area (Å²) < 4.78 is 16.0. The van der Waals surface area contributed by atoms with Gasteiger partial charge in [0, 0.05) is 19.2 Å². The lowest BCUT2D eigenvalue weighted by atomic mass is 10.1. The highest BCUT2D eigenvalue weighted by Gasteiger charge is 2.12. The number of hydrazone groups is 1. The molecule has 0 unspecified atom stereocenters. The molecular formula is C14H19N3O3S. The molecule has 0 aliphatic carbocycles. The van der Waals surface area contributed by atoms with E-state index >= 15 is 0 Å². The van der Waals surface area contributed by atoms with E-state index in [-0.39, 0.29) is 0 Å². The van der Waals surface area contributed by atoms with Crippen molar-refractivity contribution in [3.05, 3.63) is 23.8 Å². The zero-order chi connectivity index (χ0) is 15.1. The van der Waals surface area contributed by atoms with E-state index in [1.165, 1.54) is 0 Å². The molecule has 1 aromatic rings. The Hall–Kier alpha value is -1.86. The van der Waals surface area contributed by atoms with Gasteiger partial charge in [0.15, 0.2) is 16.6 Å². The molecule has 0 atom stereocenters. The van der Waals surface area contributed by atoms with Gasteiger partial charge in [0.05, 0.1) is 12.3 Å². The van der Waals surface area contributed by atoms with E-state index < -0.39 is 0 Å². The summed E-state index contributed by atoms with van der Waals surface area (Å²) in [7, 11) is 1.64. The normalized spacial score (nSPS) is 13.7. The van der Waals surface area contributed by atoms with E-state index in [2.05, 4.69) is 15.8 Å². The van der Waals surface area contributed by atoms with Crippen molar-refractivity contribution in [3.8, 4) is 11.5 Å². The van der Waals surface area contributed by atoms with E-state index in [1.54, 1.807) is 7.11 Å². The summed E-state index contributed by atoms with van der Waals surface area (Å²) in [6.45, 7) is 4.28. The summed E-state index contributed by atoms with van der Waals surface area (Å²) in [5, 5.41) is 7.69. The molecular weight excluding hydrogens is 290 g/mol. The third kappa shape index (κ3) is 4.57. The number of hydrogen-bond acceptors (Lipinski definition) is 5. The molecule has 21 heavy (non-hydrogen) atoms. The molecule has 0 saturated carbocycles. The van der Waals surface area contributed by atoms with Crippen molar-refractivity contribution < 1.29 is 14.2 Å². The van der Waals surface area contributed by atoms with Gasteiger partial charge in [0.1, 0.15) is 13.2 Å². The first-order chi connectivity index (χ1) is 10.2. The lowest BCUT2D eigenvalue weighted by Gasteiger charge is -2.18. The molecule has 0 bridgehead atoms. The van der Waals surface area contributed by atoms with Crippen molar-refractivity contribution in [2.45, 2.75) is 6.92 Å². The van der Waals surface area contributed by atoms with Crippen molar-refractivity contribution in [2.75, 3.05) is 33.5 Å². The first-order valence-electron chi connectivity index (χ1n) is 6.68. The summed E-state index contributed by atoms with van der Waals surface area (Å²) in [5.74, 6) is 1.51. The maximum Gasteiger partial charge on any atom is 0.187 e. The molecule has 114 valence electrons. The van der Waals surface area contributed by atoms with Crippen molar-refractivity contribution in [1.29, 1.82) is 0 Å². The third-order valence-corrected chi connectivity index (χ3v) is 3.11. The fourth-order valence-corrected chi connectivity index (χ4v) is 1.92. The smallest absolute Gasteiger partial charge is 0.187 e. The lowest BCUT2D eigenvalue weighted by molar-refractivity contribution is 0.171. The maximum atomic E-state index is 5.55. The Kier molecular flexibility index (Phi) is 5.77. The number of nitrogens with one attached hydrogen (secondary N) is 2. The average molecular weight is 309 g/mol. The molecule has 7 heteroatoms. The predicted molar refractivity (Wildman–Crippen MR) is 85.3 cm³/mol. The van der Waals surface area contributed by atoms with Crippen LogP contribution in [0.4, 0.5) is 0 Å². The van der Waals surface area contributed by atoms with Gasteiger partial charge in [0.25, 0.3) is 0 Å². The Morgan fingerprint density at radius 2 is 2.10 bits per heavy atom. The van der Waals surface area contributed by atoms with Gasteiger partial charge in [-0.15, -0.1) is 0 Å². The summed E-state index contributed by atoms with van der Waals surface area (Å²) in [5.41, 5.74) is 4.56. The van der Waals surface area contributed by atoms with E-state index in [0.717, 1.165) is 22.8 Å². The molecule has 0 radical (unpaired) electrons. The van der Waals surface area contributed by atoms with Crippen LogP contribution in [-0.4, -0.2) is 44.3 Å². The second-order valence-electron chi connectivity index (χ2n) is 4.42. The fraction of sp³-hybridized carbons (Fsp3) is 0.429. The highest BCUT2D eigenvalue weighted by Crippen LogP contribution is 2.30. The van der Waals surface area contributed by atoms with Crippen molar-refractivity contribution in [2.24, 2.45) is 5.10 Å². The summed E-state index contributed by atoms with van der Waals surface area (Å²) in [6.07, 6.45) is 0. The molecule has 0 fully saturated rings. The number of thiocarbonyl (C=S) groups is 1. The number of fused-ring (bicyclic) bond motifs is 1. The average Bonchev–Trinajstić information content (AvgIpc) is 2.52. The molecule has 1 aliphatic heterocycles. The van der Waals surface area contributed by atoms with Gasteiger partial charge in [-0.2, -0.15) is 5.10 Å². The quantitative estimate of drug-likeness (QED) is 0.370. The molecule has 0 saturated heterocycles. The Balaban J connectivity index is 1.94. The molecule has 1 heterocycles. The van der Waals surface area contributed by atoms with Crippen LogP contribution in [0.5, 0.6) is 11.5 Å². The van der Waals surface area contributed by atoms with Crippen LogP contribution >= 0.6 is 12.2 Å². The van der Waals surface area contributed by atoms with E-state index in [9.17, 15) is 0 Å². The Morgan fingerprint density at radius 1 is 1.33 bits per heavy atom. The molecule has 0 aromatic heterocycles. The number of rotatable bonds is 5. The monoisotopic (exact) mass is 309 g/mol. The molecule has 2 rings (SSSR count). The SMILES string of the molecule is COCCNC(=S)N/N=C(/C)c1ccc2c(c1)OCCO2. The number of hydrogen-bond donors (Lipinski definition) is 2. The standard InChI is InChI=1S/C14H19N3O3S/c1-10(16-17-14(21)15-5-6-18-2)11-3-4-12-13(9-11)20-8-7-19-12/h3-4,9H,5-8H2,1-2H3,(H2,15,17,21)/b16-10-. The minimum absolute atomic E-state index is 0.462. The second-order valence-corrected chi connectivity index (χ2v) is 4.82. The zero-order valence-electron chi connectivity index (χ0n) is 12.1. The number of benzene rings is 1. The Labute approximate surface area is 129 Å². The molecule has 0 amide bonds. The third-order valence-electron chi connectivity index (χ3n) is 2.88. The first kappa shape index (κ1) is 15.5. The molecule has 6 nitrogen and oxygen atoms in total. The zero-order valence-corrected chi connectivity index (χ0v) is 13.0. The van der Waals surface area contributed by atoms with Gasteiger partial charge in [-0.3, -0.25) is 5.43 Å². The van der Waals surface area contributed by atoms with Gasteiger partial charge < -0.3 is 19.5 Å². The summed E-state index contributed by atoms with van der Waals surface area (Å²) in [4.78, 5) is 0. The van der Waals surface area contributed by atoms with Crippen LogP contribution in [-0.2, 0) is 4.74 Å². The van der Waals surface area contributed by atoms with Crippen LogP contribution in [0.25, 0.3) is 0 Å². The number of methoxy groups -OCH3 is 1. The molecule has 2 N–H and O–H groups in total. The predicted octanol–water partition coefficient (Wildman–Crippen LogP) is 1.29. The Bertz CT molecular complexity index is 534. The van der Waals surface area contributed by atoms with Gasteiger partial charge in [-0.05, 0) is 37.3 Å². The summed E-state index contributed by atoms with van der Waals surface area (Å²) in [6, 6.07) is 5.74. The van der Waals surface area contributed by atoms with Gasteiger partial charge >= 0.3 is 0 Å².